The van der Waals surface area contributed by atoms with Gasteiger partial charge in [0.1, 0.15) is 5.82 Å². The summed E-state index contributed by atoms with van der Waals surface area (Å²) < 4.78 is 24.3. The van der Waals surface area contributed by atoms with Crippen LogP contribution in [0.25, 0.3) is 11.1 Å². The van der Waals surface area contributed by atoms with E-state index in [2.05, 4.69) is 0 Å². The first-order valence-electron chi connectivity index (χ1n) is 6.83. The van der Waals surface area contributed by atoms with E-state index in [-0.39, 0.29) is 5.82 Å². The van der Waals surface area contributed by atoms with Gasteiger partial charge in [0.2, 0.25) is 0 Å². The molecule has 4 heteroatoms. The Morgan fingerprint density at radius 1 is 0.800 bits per heavy atom. The summed E-state index contributed by atoms with van der Waals surface area (Å²) in [4.78, 5) is 0. The molecule has 0 radical (unpaired) electrons. The SMILES string of the molecule is CCO[SiH](OCC)c1ccc(-c2ccc(F)cc2)cc1. The minimum atomic E-state index is -1.77. The molecule has 0 saturated heterocycles. The summed E-state index contributed by atoms with van der Waals surface area (Å²) in [5.41, 5.74) is 2.07. The predicted molar refractivity (Wildman–Crippen MR) is 81.9 cm³/mol. The van der Waals surface area contributed by atoms with Crippen molar-refractivity contribution in [3.05, 3.63) is 54.3 Å². The normalized spacial score (nSPS) is 11.0. The average molecular weight is 290 g/mol. The summed E-state index contributed by atoms with van der Waals surface area (Å²) in [6, 6.07) is 14.7. The molecule has 0 N–H and O–H groups in total. The molecule has 0 amide bonds. The largest absolute Gasteiger partial charge is 0.394 e. The molecule has 0 heterocycles. The molecule has 0 saturated carbocycles. The molecule has 2 rings (SSSR count). The van der Waals surface area contributed by atoms with Gasteiger partial charge in [-0.2, -0.15) is 0 Å². The third-order valence-electron chi connectivity index (χ3n) is 3.00. The van der Waals surface area contributed by atoms with E-state index in [1.165, 1.54) is 12.1 Å². The van der Waals surface area contributed by atoms with E-state index < -0.39 is 9.28 Å². The molecule has 0 fully saturated rings. The van der Waals surface area contributed by atoms with Gasteiger partial charge in [0.15, 0.2) is 0 Å². The van der Waals surface area contributed by atoms with E-state index in [9.17, 15) is 4.39 Å². The zero-order chi connectivity index (χ0) is 14.4. The summed E-state index contributed by atoms with van der Waals surface area (Å²) >= 11 is 0. The maximum atomic E-state index is 12.9. The van der Waals surface area contributed by atoms with Crippen molar-refractivity contribution in [2.45, 2.75) is 13.8 Å². The Bertz CT molecular complexity index is 519. The molecule has 0 aliphatic heterocycles. The lowest BCUT2D eigenvalue weighted by atomic mass is 10.1. The van der Waals surface area contributed by atoms with Gasteiger partial charge in [-0.1, -0.05) is 36.4 Å². The summed E-state index contributed by atoms with van der Waals surface area (Å²) in [6.07, 6.45) is 0. The van der Waals surface area contributed by atoms with Gasteiger partial charge in [-0.25, -0.2) is 4.39 Å². The molecule has 2 aromatic rings. The van der Waals surface area contributed by atoms with Crippen molar-refractivity contribution >= 4 is 14.5 Å². The number of halogens is 1. The Balaban J connectivity index is 2.18. The minimum Gasteiger partial charge on any atom is -0.394 e. The van der Waals surface area contributed by atoms with Crippen molar-refractivity contribution in [3.8, 4) is 11.1 Å². The Hall–Kier alpha value is -1.49. The maximum Gasteiger partial charge on any atom is 0.355 e. The molecular weight excluding hydrogens is 271 g/mol. The Labute approximate surface area is 121 Å². The molecule has 0 aliphatic rings. The van der Waals surface area contributed by atoms with Gasteiger partial charge < -0.3 is 8.85 Å². The van der Waals surface area contributed by atoms with Crippen LogP contribution in [0.5, 0.6) is 0 Å². The van der Waals surface area contributed by atoms with Gasteiger partial charge in [0, 0.05) is 13.2 Å². The lowest BCUT2D eigenvalue weighted by Gasteiger charge is -2.15. The first-order valence-corrected chi connectivity index (χ1v) is 8.35. The van der Waals surface area contributed by atoms with E-state index >= 15 is 0 Å². The lowest BCUT2D eigenvalue weighted by molar-refractivity contribution is 0.225. The monoisotopic (exact) mass is 290 g/mol. The van der Waals surface area contributed by atoms with E-state index in [1.807, 2.05) is 38.1 Å². The van der Waals surface area contributed by atoms with Crippen molar-refractivity contribution in [1.29, 1.82) is 0 Å². The molecule has 0 atom stereocenters. The van der Waals surface area contributed by atoms with Gasteiger partial charge in [0.05, 0.1) is 0 Å². The lowest BCUT2D eigenvalue weighted by Crippen LogP contribution is -2.36. The van der Waals surface area contributed by atoms with E-state index in [0.29, 0.717) is 13.2 Å². The van der Waals surface area contributed by atoms with Crippen molar-refractivity contribution in [2.75, 3.05) is 13.2 Å². The molecular formula is C16H19FO2Si. The second kappa shape index (κ2) is 7.33. The highest BCUT2D eigenvalue weighted by molar-refractivity contribution is 6.61. The average Bonchev–Trinajstić information content (AvgIpc) is 2.48. The highest BCUT2D eigenvalue weighted by Crippen LogP contribution is 2.18. The highest BCUT2D eigenvalue weighted by Gasteiger charge is 2.15. The maximum absolute atomic E-state index is 12.9. The smallest absolute Gasteiger partial charge is 0.355 e. The van der Waals surface area contributed by atoms with Crippen LogP contribution in [0.4, 0.5) is 4.39 Å². The number of benzene rings is 2. The molecule has 0 bridgehead atoms. The molecule has 0 aromatic heterocycles. The molecule has 0 spiro atoms. The summed E-state index contributed by atoms with van der Waals surface area (Å²) in [5.74, 6) is -0.217. The molecule has 0 aliphatic carbocycles. The molecule has 2 aromatic carbocycles. The second-order valence-corrected chi connectivity index (χ2v) is 6.37. The number of hydrogen-bond acceptors (Lipinski definition) is 2. The molecule has 20 heavy (non-hydrogen) atoms. The van der Waals surface area contributed by atoms with Crippen LogP contribution in [-0.2, 0) is 8.85 Å². The highest BCUT2D eigenvalue weighted by atomic mass is 28.3. The van der Waals surface area contributed by atoms with Crippen LogP contribution in [0.15, 0.2) is 48.5 Å². The first-order chi connectivity index (χ1) is 9.74. The Kier molecular flexibility index (Phi) is 5.46. The van der Waals surface area contributed by atoms with Gasteiger partial charge in [-0.05, 0) is 42.3 Å². The zero-order valence-electron chi connectivity index (χ0n) is 11.8. The van der Waals surface area contributed by atoms with Crippen LogP contribution in [0.1, 0.15) is 13.8 Å². The van der Waals surface area contributed by atoms with Crippen molar-refractivity contribution < 1.29 is 13.2 Å². The van der Waals surface area contributed by atoms with E-state index in [1.54, 1.807) is 12.1 Å². The van der Waals surface area contributed by atoms with Crippen LogP contribution in [-0.4, -0.2) is 22.5 Å². The Morgan fingerprint density at radius 2 is 1.25 bits per heavy atom. The van der Waals surface area contributed by atoms with Crippen LogP contribution in [0.2, 0.25) is 0 Å². The van der Waals surface area contributed by atoms with Crippen LogP contribution >= 0.6 is 0 Å². The fraction of sp³-hybridized carbons (Fsp3) is 0.250. The molecule has 106 valence electrons. The second-order valence-electron chi connectivity index (χ2n) is 4.37. The fourth-order valence-corrected chi connectivity index (χ4v) is 3.61. The van der Waals surface area contributed by atoms with Crippen molar-refractivity contribution in [1.82, 2.24) is 0 Å². The molecule has 0 unspecified atom stereocenters. The standard InChI is InChI=1S/C16H19FO2Si/c1-3-18-20(19-4-2)16-11-7-14(8-12-16)13-5-9-15(17)10-6-13/h5-12,20H,3-4H2,1-2H3. The summed E-state index contributed by atoms with van der Waals surface area (Å²) in [5, 5.41) is 1.12. The van der Waals surface area contributed by atoms with E-state index in [0.717, 1.165) is 16.3 Å². The third kappa shape index (κ3) is 3.76. The quantitative estimate of drug-likeness (QED) is 0.762. The van der Waals surface area contributed by atoms with Gasteiger partial charge >= 0.3 is 9.28 Å². The first kappa shape index (κ1) is 14.9. The van der Waals surface area contributed by atoms with Crippen molar-refractivity contribution in [3.63, 3.8) is 0 Å². The minimum absolute atomic E-state index is 0.217. The summed E-state index contributed by atoms with van der Waals surface area (Å²) in [6.45, 7) is 5.28. The zero-order valence-corrected chi connectivity index (χ0v) is 13.0. The van der Waals surface area contributed by atoms with Crippen LogP contribution in [0.3, 0.4) is 0 Å². The molecule has 2 nitrogen and oxygen atoms in total. The van der Waals surface area contributed by atoms with E-state index in [4.69, 9.17) is 8.85 Å². The van der Waals surface area contributed by atoms with Gasteiger partial charge in [-0.3, -0.25) is 0 Å². The van der Waals surface area contributed by atoms with Gasteiger partial charge in [-0.15, -0.1) is 0 Å². The predicted octanol–water partition coefficient (Wildman–Crippen LogP) is 2.99. The fourth-order valence-electron chi connectivity index (χ4n) is 2.02. The Morgan fingerprint density at radius 3 is 1.70 bits per heavy atom. The number of hydrogen-bond donors (Lipinski definition) is 0. The van der Waals surface area contributed by atoms with Crippen LogP contribution in [0, 0.1) is 5.82 Å². The van der Waals surface area contributed by atoms with Gasteiger partial charge in [0.25, 0.3) is 0 Å². The third-order valence-corrected chi connectivity index (χ3v) is 5.20. The van der Waals surface area contributed by atoms with Crippen LogP contribution < -0.4 is 5.19 Å². The summed E-state index contributed by atoms with van der Waals surface area (Å²) in [7, 11) is -1.77. The topological polar surface area (TPSA) is 18.5 Å². The van der Waals surface area contributed by atoms with Crippen molar-refractivity contribution in [2.24, 2.45) is 0 Å². The number of rotatable bonds is 6.